The Kier molecular flexibility index (Phi) is 4.86. The Morgan fingerprint density at radius 3 is 2.91 bits per heavy atom. The lowest BCUT2D eigenvalue weighted by atomic mass is 9.97. The normalized spacial score (nSPS) is 14.4. The number of carbonyl (C=O) groups excluding carboxylic acids is 1. The zero-order valence-electron chi connectivity index (χ0n) is 13.0. The molecule has 0 saturated carbocycles. The summed E-state index contributed by atoms with van der Waals surface area (Å²) in [6, 6.07) is 7.95. The predicted molar refractivity (Wildman–Crippen MR) is 87.0 cm³/mol. The van der Waals surface area contributed by atoms with E-state index in [9.17, 15) is 9.18 Å². The van der Waals surface area contributed by atoms with Crippen LogP contribution in [0.5, 0.6) is 0 Å². The van der Waals surface area contributed by atoms with Crippen LogP contribution in [0.1, 0.15) is 42.6 Å². The second-order valence-corrected chi connectivity index (χ2v) is 5.71. The largest absolute Gasteiger partial charge is 0.350 e. The van der Waals surface area contributed by atoms with Gasteiger partial charge in [0.2, 0.25) is 0 Å². The van der Waals surface area contributed by atoms with Gasteiger partial charge in [0.05, 0.1) is 0 Å². The third kappa shape index (κ3) is 3.86. The fourth-order valence-electron chi connectivity index (χ4n) is 2.78. The summed E-state index contributed by atoms with van der Waals surface area (Å²) in [6.45, 7) is 0.608. The Hall–Kier alpha value is -2.43. The second-order valence-electron chi connectivity index (χ2n) is 5.71. The first-order chi connectivity index (χ1) is 11.2. The molecule has 0 spiro atoms. The molecule has 0 bridgehead atoms. The zero-order chi connectivity index (χ0) is 16.1. The molecule has 1 amide bonds. The van der Waals surface area contributed by atoms with Crippen molar-refractivity contribution in [2.24, 2.45) is 0 Å². The topological polar surface area (TPSA) is 46.9 Å². The quantitative estimate of drug-likeness (QED) is 0.857. The number of hydrogen-bond donors (Lipinski definition) is 1. The Morgan fingerprint density at radius 2 is 2.13 bits per heavy atom. The third-order valence-electron chi connectivity index (χ3n) is 4.04. The minimum Gasteiger partial charge on any atom is -0.350 e. The van der Waals surface area contributed by atoms with Crippen molar-refractivity contribution in [2.75, 3.05) is 6.54 Å². The molecule has 1 heterocycles. The van der Waals surface area contributed by atoms with Crippen molar-refractivity contribution in [1.82, 2.24) is 15.1 Å². The number of amides is 1. The maximum atomic E-state index is 13.7. The third-order valence-corrected chi connectivity index (χ3v) is 4.04. The van der Waals surface area contributed by atoms with E-state index in [1.807, 2.05) is 0 Å². The van der Waals surface area contributed by atoms with Crippen molar-refractivity contribution in [2.45, 2.75) is 32.1 Å². The van der Waals surface area contributed by atoms with Crippen LogP contribution in [0, 0.1) is 5.82 Å². The number of hydrogen-bond acceptors (Lipinski definition) is 2. The van der Waals surface area contributed by atoms with E-state index in [-0.39, 0.29) is 11.7 Å². The highest BCUT2D eigenvalue weighted by Gasteiger charge is 2.12. The lowest BCUT2D eigenvalue weighted by molar-refractivity contribution is 0.0948. The molecule has 5 heteroatoms. The summed E-state index contributed by atoms with van der Waals surface area (Å²) in [6.07, 6.45) is 9.56. The number of rotatable bonds is 5. The molecule has 1 aromatic carbocycles. The van der Waals surface area contributed by atoms with E-state index in [0.717, 1.165) is 19.3 Å². The first-order valence-electron chi connectivity index (χ1n) is 8.01. The average Bonchev–Trinajstić information content (AvgIpc) is 3.06. The van der Waals surface area contributed by atoms with Crippen molar-refractivity contribution >= 4 is 5.91 Å². The van der Waals surface area contributed by atoms with E-state index in [1.165, 1.54) is 29.2 Å². The van der Waals surface area contributed by atoms with Crippen molar-refractivity contribution < 1.29 is 9.18 Å². The molecule has 3 rings (SSSR count). The standard InChI is InChI=1S/C18H20FN3O/c19-15-8-4-5-9-17(15)22-13-11-16(21-22)18(23)20-12-10-14-6-2-1-3-7-14/h4-6,8-9,11,13H,1-3,7,10,12H2,(H,20,23). The molecule has 2 aromatic rings. The molecule has 0 radical (unpaired) electrons. The van der Waals surface area contributed by atoms with E-state index in [4.69, 9.17) is 0 Å². The van der Waals surface area contributed by atoms with Gasteiger partial charge in [0, 0.05) is 12.7 Å². The van der Waals surface area contributed by atoms with Crippen LogP contribution in [0.25, 0.3) is 5.69 Å². The number of carbonyl (C=O) groups is 1. The highest BCUT2D eigenvalue weighted by atomic mass is 19.1. The number of para-hydroxylation sites is 1. The van der Waals surface area contributed by atoms with Crippen molar-refractivity contribution in [3.8, 4) is 5.69 Å². The Morgan fingerprint density at radius 1 is 1.26 bits per heavy atom. The highest BCUT2D eigenvalue weighted by Crippen LogP contribution is 2.19. The number of nitrogens with zero attached hydrogens (tertiary/aromatic N) is 2. The van der Waals surface area contributed by atoms with Gasteiger partial charge in [0.15, 0.2) is 5.69 Å². The van der Waals surface area contributed by atoms with Crippen LogP contribution < -0.4 is 5.32 Å². The molecule has 0 unspecified atom stereocenters. The average molecular weight is 313 g/mol. The molecule has 23 heavy (non-hydrogen) atoms. The van der Waals surface area contributed by atoms with Gasteiger partial charge in [-0.25, -0.2) is 9.07 Å². The van der Waals surface area contributed by atoms with Crippen molar-refractivity contribution in [1.29, 1.82) is 0 Å². The molecule has 1 aliphatic rings. The second kappa shape index (κ2) is 7.22. The lowest BCUT2D eigenvalue weighted by Gasteiger charge is -2.12. The van der Waals surface area contributed by atoms with Crippen LogP contribution in [-0.4, -0.2) is 22.2 Å². The number of aromatic nitrogens is 2. The fraction of sp³-hybridized carbons (Fsp3) is 0.333. The van der Waals surface area contributed by atoms with E-state index in [2.05, 4.69) is 16.5 Å². The van der Waals surface area contributed by atoms with Crippen LogP contribution in [-0.2, 0) is 0 Å². The highest BCUT2D eigenvalue weighted by molar-refractivity contribution is 5.92. The summed E-state index contributed by atoms with van der Waals surface area (Å²) in [5.41, 5.74) is 2.05. The van der Waals surface area contributed by atoms with Crippen LogP contribution in [0.15, 0.2) is 48.2 Å². The van der Waals surface area contributed by atoms with Gasteiger partial charge in [0.25, 0.3) is 5.91 Å². The molecule has 0 fully saturated rings. The number of nitrogens with one attached hydrogen (secondary N) is 1. The van der Waals surface area contributed by atoms with Crippen molar-refractivity contribution in [3.05, 3.63) is 59.7 Å². The first-order valence-corrected chi connectivity index (χ1v) is 8.01. The molecule has 0 aliphatic heterocycles. The molecular formula is C18H20FN3O. The molecule has 120 valence electrons. The molecule has 1 aromatic heterocycles. The predicted octanol–water partition coefficient (Wildman–Crippen LogP) is 3.63. The summed E-state index contributed by atoms with van der Waals surface area (Å²) in [7, 11) is 0. The molecular weight excluding hydrogens is 293 g/mol. The van der Waals surface area contributed by atoms with Crippen LogP contribution >= 0.6 is 0 Å². The molecule has 1 aliphatic carbocycles. The summed E-state index contributed by atoms with van der Waals surface area (Å²) in [5.74, 6) is -0.594. The first kappa shape index (κ1) is 15.5. The van der Waals surface area contributed by atoms with Crippen LogP contribution in [0.2, 0.25) is 0 Å². The van der Waals surface area contributed by atoms with Gasteiger partial charge in [-0.2, -0.15) is 5.10 Å². The fourth-order valence-corrected chi connectivity index (χ4v) is 2.78. The minimum atomic E-state index is -0.369. The number of benzene rings is 1. The Balaban J connectivity index is 1.58. The van der Waals surface area contributed by atoms with Gasteiger partial charge >= 0.3 is 0 Å². The van der Waals surface area contributed by atoms with Crippen LogP contribution in [0.4, 0.5) is 4.39 Å². The monoisotopic (exact) mass is 313 g/mol. The zero-order valence-corrected chi connectivity index (χ0v) is 13.0. The van der Waals surface area contributed by atoms with Gasteiger partial charge < -0.3 is 5.32 Å². The summed E-state index contributed by atoms with van der Waals surface area (Å²) < 4.78 is 15.1. The van der Waals surface area contributed by atoms with E-state index >= 15 is 0 Å². The number of allylic oxidation sites excluding steroid dienone is 1. The molecule has 0 saturated heterocycles. The van der Waals surface area contributed by atoms with Gasteiger partial charge in [-0.3, -0.25) is 4.79 Å². The van der Waals surface area contributed by atoms with Gasteiger partial charge in [-0.15, -0.1) is 0 Å². The van der Waals surface area contributed by atoms with Crippen LogP contribution in [0.3, 0.4) is 0 Å². The lowest BCUT2D eigenvalue weighted by Crippen LogP contribution is -2.25. The van der Waals surface area contributed by atoms with E-state index in [1.54, 1.807) is 30.5 Å². The maximum Gasteiger partial charge on any atom is 0.271 e. The Labute approximate surface area is 135 Å². The van der Waals surface area contributed by atoms with Gasteiger partial charge in [-0.1, -0.05) is 23.8 Å². The SMILES string of the molecule is O=C(NCCC1=CCCCC1)c1ccn(-c2ccccc2F)n1. The Bertz CT molecular complexity index is 721. The minimum absolute atomic E-state index is 0.225. The number of halogens is 1. The maximum absolute atomic E-state index is 13.7. The van der Waals surface area contributed by atoms with Crippen molar-refractivity contribution in [3.63, 3.8) is 0 Å². The molecule has 1 N–H and O–H groups in total. The van der Waals surface area contributed by atoms with E-state index in [0.29, 0.717) is 17.9 Å². The molecule has 0 atom stereocenters. The molecule has 4 nitrogen and oxygen atoms in total. The summed E-state index contributed by atoms with van der Waals surface area (Å²) >= 11 is 0. The summed E-state index contributed by atoms with van der Waals surface area (Å²) in [4.78, 5) is 12.1. The smallest absolute Gasteiger partial charge is 0.271 e. The van der Waals surface area contributed by atoms with Gasteiger partial charge in [-0.05, 0) is 50.3 Å². The van der Waals surface area contributed by atoms with E-state index < -0.39 is 0 Å². The summed E-state index contributed by atoms with van der Waals surface area (Å²) in [5, 5.41) is 7.03. The van der Waals surface area contributed by atoms with Gasteiger partial charge in [0.1, 0.15) is 11.5 Å².